The molecule has 4 rings (SSSR count). The van der Waals surface area contributed by atoms with E-state index in [2.05, 4.69) is 30.6 Å². The number of hydrogen-bond donors (Lipinski definition) is 3. The number of anilines is 3. The summed E-state index contributed by atoms with van der Waals surface area (Å²) in [5.74, 6) is 0.504. The van der Waals surface area contributed by atoms with Crippen molar-refractivity contribution in [3.8, 4) is 0 Å². The van der Waals surface area contributed by atoms with Crippen LogP contribution in [0.4, 0.5) is 17.2 Å². The van der Waals surface area contributed by atoms with Gasteiger partial charge < -0.3 is 15.6 Å². The first-order valence-electron chi connectivity index (χ1n) is 10.5. The van der Waals surface area contributed by atoms with Crippen molar-refractivity contribution in [1.29, 1.82) is 0 Å². The van der Waals surface area contributed by atoms with E-state index in [9.17, 15) is 9.59 Å². The normalized spacial score (nSPS) is 10.8. The highest BCUT2D eigenvalue weighted by Crippen LogP contribution is 2.24. The quantitative estimate of drug-likeness (QED) is 0.412. The molecule has 0 saturated carbocycles. The Morgan fingerprint density at radius 1 is 1.09 bits per heavy atom. The zero-order chi connectivity index (χ0) is 22.5. The zero-order valence-electron chi connectivity index (χ0n) is 18.0. The number of fused-ring (bicyclic) bond motifs is 1. The van der Waals surface area contributed by atoms with Crippen LogP contribution in [-0.2, 0) is 17.6 Å². The number of hydrogen-bond acceptors (Lipinski definition) is 6. The van der Waals surface area contributed by atoms with E-state index >= 15 is 0 Å². The Morgan fingerprint density at radius 2 is 1.94 bits per heavy atom. The topological polar surface area (TPSA) is 113 Å². The molecule has 8 heteroatoms. The first kappa shape index (κ1) is 21.2. The molecule has 0 fully saturated rings. The molecule has 0 unspecified atom stereocenters. The summed E-state index contributed by atoms with van der Waals surface area (Å²) in [6.45, 7) is 3.93. The van der Waals surface area contributed by atoms with Crippen LogP contribution in [0.5, 0.6) is 0 Å². The third kappa shape index (κ3) is 4.97. The number of carbonyl (C=O) groups excluding carboxylic acids is 1. The van der Waals surface area contributed by atoms with Gasteiger partial charge in [0.1, 0.15) is 17.8 Å². The van der Waals surface area contributed by atoms with E-state index in [-0.39, 0.29) is 24.3 Å². The Hall–Kier alpha value is -4.07. The highest BCUT2D eigenvalue weighted by atomic mass is 16.1. The molecule has 0 aliphatic heterocycles. The second-order valence-corrected chi connectivity index (χ2v) is 7.47. The van der Waals surface area contributed by atoms with Crippen LogP contribution < -0.4 is 16.2 Å². The maximum absolute atomic E-state index is 12.7. The lowest BCUT2D eigenvalue weighted by molar-refractivity contribution is -0.116. The fraction of sp³-hybridized carbons (Fsp3) is 0.208. The van der Waals surface area contributed by atoms with Crippen molar-refractivity contribution in [1.82, 2.24) is 19.9 Å². The number of aromatic nitrogens is 4. The summed E-state index contributed by atoms with van der Waals surface area (Å²) in [6, 6.07) is 15.0. The number of rotatable bonds is 7. The summed E-state index contributed by atoms with van der Waals surface area (Å²) >= 11 is 0. The molecule has 2 heterocycles. The molecular formula is C24H24N6O2. The van der Waals surface area contributed by atoms with Gasteiger partial charge in [0, 0.05) is 36.0 Å². The number of para-hydroxylation sites is 2. The number of nitrogens with one attached hydrogen (secondary N) is 3. The molecule has 1 amide bonds. The third-order valence-electron chi connectivity index (χ3n) is 5.10. The van der Waals surface area contributed by atoms with Crippen LogP contribution in [0, 0.1) is 6.92 Å². The van der Waals surface area contributed by atoms with Gasteiger partial charge in [-0.2, -0.15) is 0 Å². The van der Waals surface area contributed by atoms with Crippen molar-refractivity contribution >= 4 is 34.1 Å². The highest BCUT2D eigenvalue weighted by molar-refractivity contribution is 5.92. The van der Waals surface area contributed by atoms with Crippen LogP contribution in [0.3, 0.4) is 0 Å². The SMILES string of the molecule is CCc1ccc(Nc2cc(C)ncn2)cc1NC(=O)CCc1nc2ccccc2[nH]c1=O. The minimum atomic E-state index is -0.267. The molecule has 0 aliphatic carbocycles. The number of nitrogens with zero attached hydrogens (tertiary/aromatic N) is 3. The molecule has 8 nitrogen and oxygen atoms in total. The average Bonchev–Trinajstić information content (AvgIpc) is 2.78. The smallest absolute Gasteiger partial charge is 0.270 e. The number of amides is 1. The molecule has 0 atom stereocenters. The number of benzene rings is 2. The molecule has 2 aromatic heterocycles. The number of H-pyrrole nitrogens is 1. The molecule has 0 radical (unpaired) electrons. The minimum Gasteiger partial charge on any atom is -0.340 e. The molecule has 4 aromatic rings. The molecule has 162 valence electrons. The van der Waals surface area contributed by atoms with Gasteiger partial charge in [-0.15, -0.1) is 0 Å². The van der Waals surface area contributed by atoms with Crippen LogP contribution >= 0.6 is 0 Å². The molecular weight excluding hydrogens is 404 g/mol. The predicted octanol–water partition coefficient (Wildman–Crippen LogP) is 3.90. The van der Waals surface area contributed by atoms with Crippen molar-refractivity contribution < 1.29 is 4.79 Å². The van der Waals surface area contributed by atoms with Gasteiger partial charge in [-0.3, -0.25) is 9.59 Å². The summed E-state index contributed by atoms with van der Waals surface area (Å²) < 4.78 is 0. The maximum atomic E-state index is 12.7. The van der Waals surface area contributed by atoms with E-state index in [1.807, 2.05) is 56.3 Å². The number of aromatic amines is 1. The summed E-state index contributed by atoms with van der Waals surface area (Å²) in [5.41, 5.74) is 4.89. The van der Waals surface area contributed by atoms with Gasteiger partial charge in [0.25, 0.3) is 5.56 Å². The Kier molecular flexibility index (Phi) is 6.21. The van der Waals surface area contributed by atoms with Crippen LogP contribution in [0.1, 0.15) is 30.3 Å². The van der Waals surface area contributed by atoms with Crippen molar-refractivity contribution in [2.45, 2.75) is 33.1 Å². The van der Waals surface area contributed by atoms with Crippen molar-refractivity contribution in [3.63, 3.8) is 0 Å². The van der Waals surface area contributed by atoms with Gasteiger partial charge in [-0.25, -0.2) is 15.0 Å². The molecule has 2 aromatic carbocycles. The van der Waals surface area contributed by atoms with Crippen LogP contribution in [0.25, 0.3) is 11.0 Å². The standard InChI is InChI=1S/C24H24N6O2/c1-3-16-8-9-17(27-22-12-15(2)25-14-26-22)13-21(16)29-23(31)11-10-20-24(32)30-19-7-5-4-6-18(19)28-20/h4-9,12-14H,3,10-11H2,1-2H3,(H,29,31)(H,30,32)(H,25,26,27). The van der Waals surface area contributed by atoms with Gasteiger partial charge in [-0.1, -0.05) is 25.1 Å². The highest BCUT2D eigenvalue weighted by Gasteiger charge is 2.11. The van der Waals surface area contributed by atoms with Gasteiger partial charge in [-0.05, 0) is 43.2 Å². The number of aryl methyl sites for hydroxylation is 3. The summed E-state index contributed by atoms with van der Waals surface area (Å²) in [7, 11) is 0. The van der Waals surface area contributed by atoms with Crippen LogP contribution in [-0.4, -0.2) is 25.8 Å². The fourth-order valence-electron chi connectivity index (χ4n) is 3.43. The molecule has 0 saturated heterocycles. The van der Waals surface area contributed by atoms with Gasteiger partial charge >= 0.3 is 0 Å². The van der Waals surface area contributed by atoms with E-state index in [0.29, 0.717) is 22.5 Å². The van der Waals surface area contributed by atoms with Crippen molar-refractivity contribution in [2.24, 2.45) is 0 Å². The Morgan fingerprint density at radius 3 is 2.75 bits per heavy atom. The second-order valence-electron chi connectivity index (χ2n) is 7.47. The lowest BCUT2D eigenvalue weighted by atomic mass is 10.1. The van der Waals surface area contributed by atoms with Gasteiger partial charge in [0.05, 0.1) is 11.0 Å². The molecule has 0 spiro atoms. The Balaban J connectivity index is 1.46. The van der Waals surface area contributed by atoms with E-state index in [4.69, 9.17) is 0 Å². The maximum Gasteiger partial charge on any atom is 0.270 e. The largest absolute Gasteiger partial charge is 0.340 e. The molecule has 32 heavy (non-hydrogen) atoms. The monoisotopic (exact) mass is 428 g/mol. The van der Waals surface area contributed by atoms with E-state index in [1.165, 1.54) is 6.33 Å². The average molecular weight is 428 g/mol. The van der Waals surface area contributed by atoms with Gasteiger partial charge in [0.2, 0.25) is 5.91 Å². The molecule has 0 bridgehead atoms. The van der Waals surface area contributed by atoms with E-state index < -0.39 is 0 Å². The minimum absolute atomic E-state index is 0.153. The fourth-order valence-corrected chi connectivity index (χ4v) is 3.43. The zero-order valence-corrected chi connectivity index (χ0v) is 18.0. The van der Waals surface area contributed by atoms with E-state index in [1.54, 1.807) is 6.07 Å². The van der Waals surface area contributed by atoms with Crippen LogP contribution in [0.2, 0.25) is 0 Å². The summed E-state index contributed by atoms with van der Waals surface area (Å²) in [6.07, 6.45) is 2.68. The molecule has 3 N–H and O–H groups in total. The predicted molar refractivity (Wildman–Crippen MR) is 125 cm³/mol. The molecule has 0 aliphatic rings. The number of carbonyl (C=O) groups is 1. The van der Waals surface area contributed by atoms with Crippen molar-refractivity contribution in [2.75, 3.05) is 10.6 Å². The van der Waals surface area contributed by atoms with Gasteiger partial charge in [0.15, 0.2) is 0 Å². The first-order valence-corrected chi connectivity index (χ1v) is 10.5. The second kappa shape index (κ2) is 9.38. The Labute approximate surface area is 185 Å². The van der Waals surface area contributed by atoms with E-state index in [0.717, 1.165) is 29.1 Å². The lowest BCUT2D eigenvalue weighted by Crippen LogP contribution is -2.19. The summed E-state index contributed by atoms with van der Waals surface area (Å²) in [5, 5.41) is 6.21. The summed E-state index contributed by atoms with van der Waals surface area (Å²) in [4.78, 5) is 40.5. The third-order valence-corrected chi connectivity index (χ3v) is 5.10. The van der Waals surface area contributed by atoms with Crippen molar-refractivity contribution in [3.05, 3.63) is 82.2 Å². The first-order chi connectivity index (χ1) is 15.5. The van der Waals surface area contributed by atoms with Crippen LogP contribution in [0.15, 0.2) is 59.7 Å². The lowest BCUT2D eigenvalue weighted by Gasteiger charge is -2.13. The Bertz CT molecular complexity index is 1330.